The second kappa shape index (κ2) is 14.5. The average molecular weight is 741 g/mol. The second-order valence-corrected chi connectivity index (χ2v) is 12.0. The number of aromatic nitrogens is 2. The number of amides is 2. The van der Waals surface area contributed by atoms with Gasteiger partial charge in [0.2, 0.25) is 11.5 Å². The number of allylic oxidation sites excluding steroid dienone is 2. The fourth-order valence-corrected chi connectivity index (χ4v) is 6.56. The topological polar surface area (TPSA) is 149 Å². The molecular formula is C30H25IN6O5S2. The lowest BCUT2D eigenvalue weighted by Crippen LogP contribution is -2.71. The van der Waals surface area contributed by atoms with Gasteiger partial charge in [0, 0.05) is 21.7 Å². The van der Waals surface area contributed by atoms with Gasteiger partial charge in [-0.1, -0.05) is 106 Å². The first-order chi connectivity index (χ1) is 21.4. The Morgan fingerprint density at radius 3 is 2.48 bits per heavy atom. The van der Waals surface area contributed by atoms with E-state index in [0.717, 1.165) is 22.7 Å². The first kappa shape index (κ1) is 31.2. The van der Waals surface area contributed by atoms with Crippen LogP contribution >= 0.6 is 45.9 Å². The number of oxime groups is 1. The first-order valence-electron chi connectivity index (χ1n) is 13.2. The number of terminal acetylenes is 1. The van der Waals surface area contributed by atoms with Crippen LogP contribution in [0.15, 0.2) is 89.2 Å². The lowest BCUT2D eigenvalue weighted by Gasteiger charge is -2.49. The molecule has 3 aromatic rings. The second-order valence-electron chi connectivity index (χ2n) is 9.27. The Hall–Kier alpha value is -4.20. The van der Waals surface area contributed by atoms with Crippen LogP contribution in [-0.4, -0.2) is 66.0 Å². The SMILES string of the molecule is C#CCON=C(C(=O)NC1C(=O)N2C(C(=O)OC(c3ccccc3)c3ccccc3)=C(C=CCI)CS[C@H]12)c1nsc(N)n1. The fraction of sp³-hybridized carbons (Fsp3) is 0.200. The predicted molar refractivity (Wildman–Crippen MR) is 177 cm³/mol. The molecule has 5 rings (SSSR count). The van der Waals surface area contributed by atoms with Crippen molar-refractivity contribution in [3.8, 4) is 12.3 Å². The van der Waals surface area contributed by atoms with Gasteiger partial charge in [-0.2, -0.15) is 9.36 Å². The Balaban J connectivity index is 1.41. The molecule has 0 aliphatic carbocycles. The molecule has 3 N–H and O–H groups in total. The molecule has 1 fully saturated rings. The highest BCUT2D eigenvalue weighted by atomic mass is 127. The van der Waals surface area contributed by atoms with Crippen LogP contribution in [0.1, 0.15) is 23.1 Å². The molecule has 14 heteroatoms. The van der Waals surface area contributed by atoms with Crippen molar-refractivity contribution < 1.29 is 24.0 Å². The molecule has 0 radical (unpaired) electrons. The highest BCUT2D eigenvalue weighted by Gasteiger charge is 2.54. The molecule has 0 bridgehead atoms. The Morgan fingerprint density at radius 2 is 1.89 bits per heavy atom. The number of β-lactam (4-membered cyclic amide) rings is 1. The molecule has 44 heavy (non-hydrogen) atoms. The number of ether oxygens (including phenoxy) is 1. The van der Waals surface area contributed by atoms with Gasteiger partial charge in [-0.15, -0.1) is 18.2 Å². The molecule has 3 heterocycles. The van der Waals surface area contributed by atoms with Crippen molar-refractivity contribution in [1.82, 2.24) is 19.6 Å². The lowest BCUT2D eigenvalue weighted by molar-refractivity contribution is -0.154. The Morgan fingerprint density at radius 1 is 1.20 bits per heavy atom. The number of nitrogen functional groups attached to an aromatic ring is 1. The van der Waals surface area contributed by atoms with Gasteiger partial charge < -0.3 is 20.6 Å². The van der Waals surface area contributed by atoms with Crippen molar-refractivity contribution in [2.45, 2.75) is 17.5 Å². The summed E-state index contributed by atoms with van der Waals surface area (Å²) >= 11 is 4.49. The van der Waals surface area contributed by atoms with Gasteiger partial charge in [0.25, 0.3) is 11.8 Å². The Bertz CT molecular complexity index is 1630. The van der Waals surface area contributed by atoms with Crippen molar-refractivity contribution >= 4 is 74.5 Å². The largest absolute Gasteiger partial charge is 0.448 e. The molecule has 2 aliphatic heterocycles. The zero-order chi connectivity index (χ0) is 31.1. The number of carbonyl (C=O) groups is 3. The normalized spacial score (nSPS) is 18.1. The minimum Gasteiger partial charge on any atom is -0.448 e. The molecule has 1 aromatic heterocycles. The predicted octanol–water partition coefficient (Wildman–Crippen LogP) is 3.45. The van der Waals surface area contributed by atoms with Crippen LogP contribution < -0.4 is 11.1 Å². The van der Waals surface area contributed by atoms with E-state index in [4.69, 9.17) is 21.7 Å². The van der Waals surface area contributed by atoms with Gasteiger partial charge in [0.15, 0.2) is 17.8 Å². The maximum absolute atomic E-state index is 13.9. The molecular weight excluding hydrogens is 715 g/mol. The molecule has 2 aliphatic rings. The zero-order valence-electron chi connectivity index (χ0n) is 23.0. The molecule has 2 amide bonds. The molecule has 0 spiro atoms. The Labute approximate surface area is 275 Å². The summed E-state index contributed by atoms with van der Waals surface area (Å²) in [5.74, 6) is 0.720. The number of rotatable bonds is 11. The number of carbonyl (C=O) groups excluding carboxylic acids is 3. The van der Waals surface area contributed by atoms with Crippen LogP contribution in [0.3, 0.4) is 0 Å². The van der Waals surface area contributed by atoms with Gasteiger partial charge in [0.05, 0.1) is 0 Å². The number of halogens is 1. The van der Waals surface area contributed by atoms with E-state index in [1.807, 2.05) is 72.8 Å². The molecule has 224 valence electrons. The molecule has 2 atom stereocenters. The van der Waals surface area contributed by atoms with Gasteiger partial charge in [-0.3, -0.25) is 14.5 Å². The monoisotopic (exact) mass is 740 g/mol. The van der Waals surface area contributed by atoms with E-state index >= 15 is 0 Å². The van der Waals surface area contributed by atoms with Crippen molar-refractivity contribution in [3.63, 3.8) is 0 Å². The summed E-state index contributed by atoms with van der Waals surface area (Å²) in [6, 6.07) is 17.8. The Kier molecular flexibility index (Phi) is 10.3. The summed E-state index contributed by atoms with van der Waals surface area (Å²) in [6.45, 7) is -0.193. The standard InChI is InChI=1S/C30H25IN6O5S2/c1-2-16-41-35-21(25-34-30(32)44-36-25)26(38)33-22-27(39)37-23(20(14-9-15-31)17-43-28(22)37)29(40)42-24(18-10-5-3-6-11-18)19-12-7-4-8-13-19/h1,3-14,22,24,28H,15-17H2,(H,33,38)(H2,32,34,36)/t22?,28-/m1/s1. The van der Waals surface area contributed by atoms with E-state index in [1.54, 1.807) is 0 Å². The maximum Gasteiger partial charge on any atom is 0.356 e. The third kappa shape index (κ3) is 6.79. The van der Waals surface area contributed by atoms with E-state index < -0.39 is 35.3 Å². The molecule has 11 nitrogen and oxygen atoms in total. The van der Waals surface area contributed by atoms with Crippen molar-refractivity contribution in [3.05, 3.63) is 101 Å². The molecule has 2 aromatic carbocycles. The van der Waals surface area contributed by atoms with Gasteiger partial charge in [0.1, 0.15) is 17.1 Å². The van der Waals surface area contributed by atoms with Gasteiger partial charge in [-0.25, -0.2) is 4.79 Å². The van der Waals surface area contributed by atoms with Crippen molar-refractivity contribution in [2.24, 2.45) is 5.16 Å². The minimum atomic E-state index is -0.960. The minimum absolute atomic E-state index is 0.0646. The van der Waals surface area contributed by atoms with E-state index in [9.17, 15) is 14.4 Å². The third-order valence-electron chi connectivity index (χ3n) is 6.49. The van der Waals surface area contributed by atoms with Gasteiger partial charge in [-0.05, 0) is 16.7 Å². The summed E-state index contributed by atoms with van der Waals surface area (Å²) in [6.07, 6.45) is 8.25. The summed E-state index contributed by atoms with van der Waals surface area (Å²) < 4.78 is 10.9. The fourth-order valence-electron chi connectivity index (χ4n) is 4.55. The zero-order valence-corrected chi connectivity index (χ0v) is 26.8. The maximum atomic E-state index is 13.9. The summed E-state index contributed by atoms with van der Waals surface area (Å²) in [7, 11) is 0. The number of nitrogens with zero attached hydrogens (tertiary/aromatic N) is 4. The summed E-state index contributed by atoms with van der Waals surface area (Å²) in [5.41, 5.74) is 7.77. The van der Waals surface area contributed by atoms with Crippen LogP contribution in [0.4, 0.5) is 5.13 Å². The van der Waals surface area contributed by atoms with Crippen LogP contribution in [0.25, 0.3) is 0 Å². The summed E-state index contributed by atoms with van der Waals surface area (Å²) in [4.78, 5) is 51.2. The number of fused-ring (bicyclic) bond motifs is 1. The third-order valence-corrected chi connectivity index (χ3v) is 8.84. The quantitative estimate of drug-likeness (QED) is 0.0441. The van der Waals surface area contributed by atoms with Gasteiger partial charge >= 0.3 is 5.97 Å². The average Bonchev–Trinajstić information content (AvgIpc) is 3.49. The number of thioether (sulfide) groups is 1. The number of nitrogens with two attached hydrogens (primary N) is 1. The van der Waals surface area contributed by atoms with Crippen LogP contribution in [0.5, 0.6) is 0 Å². The first-order valence-corrected chi connectivity index (χ1v) is 16.5. The molecule has 1 saturated heterocycles. The van der Waals surface area contributed by atoms with E-state index in [1.165, 1.54) is 16.7 Å². The number of anilines is 1. The smallest absolute Gasteiger partial charge is 0.356 e. The number of nitrogens with one attached hydrogen (secondary N) is 1. The van der Waals surface area contributed by atoms with Crippen LogP contribution in [-0.2, 0) is 24.0 Å². The highest BCUT2D eigenvalue weighted by Crippen LogP contribution is 2.42. The number of hydrogen-bond acceptors (Lipinski definition) is 11. The number of esters is 1. The number of hydrogen-bond donors (Lipinski definition) is 2. The van der Waals surface area contributed by atoms with Crippen molar-refractivity contribution in [2.75, 3.05) is 22.5 Å². The highest BCUT2D eigenvalue weighted by molar-refractivity contribution is 14.1. The van der Waals surface area contributed by atoms with E-state index in [0.29, 0.717) is 15.8 Å². The lowest BCUT2D eigenvalue weighted by atomic mass is 10.0. The number of benzene rings is 2. The molecule has 1 unspecified atom stereocenters. The van der Waals surface area contributed by atoms with E-state index in [2.05, 4.69) is 48.3 Å². The van der Waals surface area contributed by atoms with Crippen LogP contribution in [0.2, 0.25) is 0 Å². The number of alkyl halides is 1. The van der Waals surface area contributed by atoms with Crippen LogP contribution in [0, 0.1) is 12.3 Å². The van der Waals surface area contributed by atoms with E-state index in [-0.39, 0.29) is 29.0 Å². The summed E-state index contributed by atoms with van der Waals surface area (Å²) in [5, 5.41) is 6.02. The molecule has 0 saturated carbocycles. The van der Waals surface area contributed by atoms with Crippen molar-refractivity contribution in [1.29, 1.82) is 0 Å².